The van der Waals surface area contributed by atoms with E-state index >= 15 is 0 Å². The molecule has 0 radical (unpaired) electrons. The van der Waals surface area contributed by atoms with Crippen LogP contribution in [0.4, 0.5) is 0 Å². The number of fused-ring (bicyclic) bond motifs is 1. The highest BCUT2D eigenvalue weighted by atomic mass is 79.9. The summed E-state index contributed by atoms with van der Waals surface area (Å²) in [5, 5.41) is 4.28. The maximum absolute atomic E-state index is 4.45. The Kier molecular flexibility index (Phi) is 2.51. The first-order chi connectivity index (χ1) is 9.66. The van der Waals surface area contributed by atoms with Gasteiger partial charge in [-0.3, -0.25) is 0 Å². The van der Waals surface area contributed by atoms with Gasteiger partial charge in [0.25, 0.3) is 0 Å². The van der Waals surface area contributed by atoms with Crippen molar-refractivity contribution in [1.29, 1.82) is 0 Å². The van der Waals surface area contributed by atoms with Crippen LogP contribution in [0.2, 0.25) is 0 Å². The lowest BCUT2D eigenvalue weighted by molar-refractivity contribution is 0.788. The van der Waals surface area contributed by atoms with Gasteiger partial charge in [0.2, 0.25) is 0 Å². The first-order valence-corrected chi connectivity index (χ1v) is 7.55. The van der Waals surface area contributed by atoms with Crippen LogP contribution in [0.25, 0.3) is 16.8 Å². The molecule has 0 spiro atoms. The van der Waals surface area contributed by atoms with Crippen LogP contribution in [0.1, 0.15) is 25.3 Å². The van der Waals surface area contributed by atoms with Crippen LogP contribution in [-0.2, 0) is 5.41 Å². The third-order valence-electron chi connectivity index (χ3n) is 4.23. The van der Waals surface area contributed by atoms with Crippen LogP contribution in [0, 0.1) is 0 Å². The van der Waals surface area contributed by atoms with Crippen LogP contribution in [0.15, 0.2) is 47.3 Å². The first kappa shape index (κ1) is 12.1. The summed E-state index contributed by atoms with van der Waals surface area (Å²) in [6.45, 7) is 2.33. The molecule has 0 unspecified atom stereocenters. The Morgan fingerprint density at radius 2 is 1.85 bits per heavy atom. The maximum atomic E-state index is 4.45. The van der Waals surface area contributed by atoms with E-state index < -0.39 is 0 Å². The van der Waals surface area contributed by atoms with Crippen LogP contribution in [0.5, 0.6) is 0 Å². The van der Waals surface area contributed by atoms with Crippen LogP contribution < -0.4 is 0 Å². The summed E-state index contributed by atoms with van der Waals surface area (Å²) in [4.78, 5) is 4.45. The number of nitrogens with zero attached hydrogens (tertiary/aromatic N) is 3. The molecule has 0 aliphatic heterocycles. The summed E-state index contributed by atoms with van der Waals surface area (Å²) < 4.78 is 2.72. The maximum Gasteiger partial charge on any atom is 0.169 e. The molecular weight excluding hydrogens is 314 g/mol. The van der Waals surface area contributed by atoms with Crippen molar-refractivity contribution >= 4 is 21.6 Å². The zero-order valence-electron chi connectivity index (χ0n) is 11.2. The molecule has 2 aromatic heterocycles. The van der Waals surface area contributed by atoms with E-state index in [2.05, 4.69) is 57.2 Å². The zero-order chi connectivity index (χ0) is 13.7. The van der Waals surface area contributed by atoms with Gasteiger partial charge in [-0.15, -0.1) is 0 Å². The highest BCUT2D eigenvalue weighted by Gasteiger charge is 2.38. The number of halogens is 1. The summed E-state index contributed by atoms with van der Waals surface area (Å²) in [5.41, 5.74) is 4.97. The van der Waals surface area contributed by atoms with Crippen molar-refractivity contribution in [2.45, 2.75) is 25.2 Å². The number of hydrogen-bond acceptors (Lipinski definition) is 2. The highest BCUT2D eigenvalue weighted by molar-refractivity contribution is 9.10. The fourth-order valence-electron chi connectivity index (χ4n) is 2.54. The molecule has 0 bridgehead atoms. The minimum atomic E-state index is 0.424. The number of hydrogen-bond donors (Lipinski definition) is 0. The minimum Gasteiger partial charge on any atom is -0.235 e. The molecule has 0 N–H and O–H groups in total. The summed E-state index contributed by atoms with van der Waals surface area (Å²) in [5.74, 6) is 0. The Labute approximate surface area is 125 Å². The van der Waals surface area contributed by atoms with Gasteiger partial charge in [0.1, 0.15) is 0 Å². The largest absolute Gasteiger partial charge is 0.235 e. The van der Waals surface area contributed by atoms with Gasteiger partial charge in [-0.05, 0) is 45.3 Å². The van der Waals surface area contributed by atoms with Gasteiger partial charge in [-0.2, -0.15) is 5.10 Å². The molecule has 1 fully saturated rings. The number of aromatic nitrogens is 3. The van der Waals surface area contributed by atoms with Crippen molar-refractivity contribution in [3.05, 3.63) is 52.9 Å². The fraction of sp³-hybridized carbons (Fsp3) is 0.250. The van der Waals surface area contributed by atoms with Gasteiger partial charge in [-0.1, -0.05) is 31.2 Å². The van der Waals surface area contributed by atoms with Crippen molar-refractivity contribution in [2.75, 3.05) is 0 Å². The van der Waals surface area contributed by atoms with Crippen LogP contribution in [0.3, 0.4) is 0 Å². The molecule has 0 atom stereocenters. The predicted octanol–water partition coefficient (Wildman–Crippen LogP) is 4.21. The van der Waals surface area contributed by atoms with Crippen LogP contribution >= 0.6 is 15.9 Å². The molecule has 4 heteroatoms. The lowest BCUT2D eigenvalue weighted by Gasteiger charge is -2.09. The molecule has 3 aromatic rings. The van der Waals surface area contributed by atoms with E-state index in [1.54, 1.807) is 10.7 Å². The Morgan fingerprint density at radius 1 is 1.10 bits per heavy atom. The van der Waals surface area contributed by atoms with E-state index in [-0.39, 0.29) is 0 Å². The summed E-state index contributed by atoms with van der Waals surface area (Å²) >= 11 is 3.44. The molecule has 1 aliphatic rings. The first-order valence-electron chi connectivity index (χ1n) is 6.76. The number of rotatable bonds is 2. The quantitative estimate of drug-likeness (QED) is 0.705. The van der Waals surface area contributed by atoms with Crippen LogP contribution in [-0.4, -0.2) is 14.6 Å². The van der Waals surface area contributed by atoms with Crippen molar-refractivity contribution in [2.24, 2.45) is 0 Å². The second-order valence-electron chi connectivity index (χ2n) is 5.74. The van der Waals surface area contributed by atoms with E-state index in [0.717, 1.165) is 15.7 Å². The molecule has 20 heavy (non-hydrogen) atoms. The molecule has 0 amide bonds. The van der Waals surface area contributed by atoms with Gasteiger partial charge in [-0.25, -0.2) is 9.50 Å². The second-order valence-corrected chi connectivity index (χ2v) is 6.60. The van der Waals surface area contributed by atoms with E-state index in [1.165, 1.54) is 24.0 Å². The van der Waals surface area contributed by atoms with E-state index in [9.17, 15) is 0 Å². The lowest BCUT2D eigenvalue weighted by Crippen LogP contribution is -1.98. The molecule has 4 rings (SSSR count). The van der Waals surface area contributed by atoms with Gasteiger partial charge < -0.3 is 0 Å². The minimum absolute atomic E-state index is 0.424. The summed E-state index contributed by atoms with van der Waals surface area (Å²) in [7, 11) is 0. The molecule has 2 heterocycles. The topological polar surface area (TPSA) is 30.2 Å². The average molecular weight is 328 g/mol. The molecule has 1 aromatic carbocycles. The van der Waals surface area contributed by atoms with Crippen molar-refractivity contribution in [1.82, 2.24) is 14.6 Å². The SMILES string of the molecule is CC1(c2ccc(-c3cnc4c(Br)cnn4c3)cc2)CC1. The standard InChI is InChI=1S/C16H14BrN3/c1-16(6-7-16)13-4-2-11(3-5-13)12-8-18-15-14(17)9-19-20(15)10-12/h2-5,8-10H,6-7H2,1H3. The van der Waals surface area contributed by atoms with E-state index in [0.29, 0.717) is 5.41 Å². The third-order valence-corrected chi connectivity index (χ3v) is 4.79. The van der Waals surface area contributed by atoms with E-state index in [1.807, 2.05) is 12.4 Å². The third kappa shape index (κ3) is 1.86. The Hall–Kier alpha value is -1.68. The van der Waals surface area contributed by atoms with Crippen molar-refractivity contribution in [3.63, 3.8) is 0 Å². The molecule has 1 saturated carbocycles. The molecule has 0 saturated heterocycles. The zero-order valence-corrected chi connectivity index (χ0v) is 12.8. The predicted molar refractivity (Wildman–Crippen MR) is 82.7 cm³/mol. The van der Waals surface area contributed by atoms with Gasteiger partial charge in [0.05, 0.1) is 10.7 Å². The summed E-state index contributed by atoms with van der Waals surface area (Å²) in [6, 6.07) is 8.84. The molecule has 3 nitrogen and oxygen atoms in total. The summed E-state index contributed by atoms with van der Waals surface area (Å²) in [6.07, 6.45) is 8.29. The lowest BCUT2D eigenvalue weighted by atomic mass is 9.96. The Bertz CT molecular complexity index is 785. The number of benzene rings is 1. The van der Waals surface area contributed by atoms with Crippen molar-refractivity contribution in [3.8, 4) is 11.1 Å². The Balaban J connectivity index is 1.74. The average Bonchev–Trinajstić information content (AvgIpc) is 3.13. The monoisotopic (exact) mass is 327 g/mol. The molecule has 1 aliphatic carbocycles. The van der Waals surface area contributed by atoms with Gasteiger partial charge >= 0.3 is 0 Å². The van der Waals surface area contributed by atoms with Gasteiger partial charge in [0.15, 0.2) is 5.65 Å². The molecular formula is C16H14BrN3. The highest BCUT2D eigenvalue weighted by Crippen LogP contribution is 2.47. The fourth-order valence-corrected chi connectivity index (χ4v) is 2.91. The second kappa shape index (κ2) is 4.16. The smallest absolute Gasteiger partial charge is 0.169 e. The van der Waals surface area contributed by atoms with Crippen molar-refractivity contribution < 1.29 is 0 Å². The van der Waals surface area contributed by atoms with E-state index in [4.69, 9.17) is 0 Å². The van der Waals surface area contributed by atoms with Gasteiger partial charge in [0, 0.05) is 18.0 Å². The Morgan fingerprint density at radius 3 is 2.55 bits per heavy atom. The molecule has 100 valence electrons. The normalized spacial score (nSPS) is 16.5.